The van der Waals surface area contributed by atoms with Crippen molar-refractivity contribution < 1.29 is 18.0 Å². The third-order valence-corrected chi connectivity index (χ3v) is 7.85. The minimum atomic E-state index is -3.60. The molecule has 0 aromatic heterocycles. The quantitative estimate of drug-likeness (QED) is 0.293. The average Bonchev–Trinajstić information content (AvgIpc) is 2.89. The Balaban J connectivity index is 1.87. The molecule has 40 heavy (non-hydrogen) atoms. The largest absolute Gasteiger partial charge is 0.352 e. The summed E-state index contributed by atoms with van der Waals surface area (Å²) in [6.07, 6.45) is 1.83. The fourth-order valence-electron chi connectivity index (χ4n) is 4.46. The number of rotatable bonds is 13. The van der Waals surface area contributed by atoms with E-state index in [0.29, 0.717) is 17.1 Å². The second kappa shape index (κ2) is 14.3. The van der Waals surface area contributed by atoms with Crippen molar-refractivity contribution in [2.24, 2.45) is 0 Å². The van der Waals surface area contributed by atoms with Gasteiger partial charge in [-0.2, -0.15) is 0 Å². The standard InChI is InChI=1S/C31H38ClN3O4S/c1-23(2)33-31(37)29(20-25-10-6-5-7-11-25)34(22-26-17-15-24(3)16-18-26)30(36)14-9-19-35(40(4,38)39)28-13-8-12-27(32)21-28/h5-8,10-13,15-18,21,23,29H,9,14,19-20,22H2,1-4H3,(H,33,37)/t29-/m0/s1. The molecule has 3 aromatic carbocycles. The fraction of sp³-hybridized carbons (Fsp3) is 0.355. The number of hydrogen-bond acceptors (Lipinski definition) is 4. The van der Waals surface area contributed by atoms with E-state index in [1.165, 1.54) is 4.31 Å². The number of carbonyl (C=O) groups is 2. The lowest BCUT2D eigenvalue weighted by Gasteiger charge is -2.32. The monoisotopic (exact) mass is 583 g/mol. The second-order valence-electron chi connectivity index (χ2n) is 10.3. The van der Waals surface area contributed by atoms with Crippen LogP contribution in [0.1, 0.15) is 43.4 Å². The van der Waals surface area contributed by atoms with Crippen molar-refractivity contribution in [1.82, 2.24) is 10.2 Å². The van der Waals surface area contributed by atoms with Gasteiger partial charge in [0.2, 0.25) is 21.8 Å². The van der Waals surface area contributed by atoms with Crippen LogP contribution in [0.25, 0.3) is 0 Å². The van der Waals surface area contributed by atoms with Crippen molar-refractivity contribution in [1.29, 1.82) is 0 Å². The maximum absolute atomic E-state index is 13.8. The van der Waals surface area contributed by atoms with Crippen LogP contribution in [0.15, 0.2) is 78.9 Å². The van der Waals surface area contributed by atoms with Gasteiger partial charge in [-0.3, -0.25) is 13.9 Å². The summed E-state index contributed by atoms with van der Waals surface area (Å²) >= 11 is 6.10. The lowest BCUT2D eigenvalue weighted by molar-refractivity contribution is -0.141. The highest BCUT2D eigenvalue weighted by Gasteiger charge is 2.31. The van der Waals surface area contributed by atoms with Crippen molar-refractivity contribution in [3.63, 3.8) is 0 Å². The van der Waals surface area contributed by atoms with Gasteiger partial charge in [-0.25, -0.2) is 8.42 Å². The highest BCUT2D eigenvalue weighted by Crippen LogP contribution is 2.23. The van der Waals surface area contributed by atoms with Crippen LogP contribution in [-0.2, 0) is 32.6 Å². The van der Waals surface area contributed by atoms with Crippen molar-refractivity contribution in [3.05, 3.63) is 101 Å². The van der Waals surface area contributed by atoms with Crippen molar-refractivity contribution in [3.8, 4) is 0 Å². The van der Waals surface area contributed by atoms with Crippen LogP contribution in [0.4, 0.5) is 5.69 Å². The lowest BCUT2D eigenvalue weighted by atomic mass is 10.0. The Morgan fingerprint density at radius 3 is 2.20 bits per heavy atom. The molecule has 1 atom stereocenters. The van der Waals surface area contributed by atoms with Crippen LogP contribution >= 0.6 is 11.6 Å². The Labute approximate surface area is 243 Å². The first-order valence-corrected chi connectivity index (χ1v) is 15.6. The zero-order valence-electron chi connectivity index (χ0n) is 23.5. The number of halogens is 1. The van der Waals surface area contributed by atoms with Crippen molar-refractivity contribution >= 4 is 39.1 Å². The number of nitrogens with zero attached hydrogens (tertiary/aromatic N) is 2. The Morgan fingerprint density at radius 2 is 1.60 bits per heavy atom. The van der Waals surface area contributed by atoms with E-state index in [-0.39, 0.29) is 43.8 Å². The van der Waals surface area contributed by atoms with Crippen LogP contribution in [-0.4, -0.2) is 50.0 Å². The van der Waals surface area contributed by atoms with E-state index >= 15 is 0 Å². The van der Waals surface area contributed by atoms with E-state index in [1.807, 2.05) is 75.4 Å². The Bertz CT molecular complexity index is 1380. The lowest BCUT2D eigenvalue weighted by Crippen LogP contribution is -2.51. The Kier molecular flexibility index (Phi) is 11.2. The van der Waals surface area contributed by atoms with Gasteiger partial charge in [0, 0.05) is 37.0 Å². The maximum atomic E-state index is 13.8. The summed E-state index contributed by atoms with van der Waals surface area (Å²) in [6.45, 7) is 6.13. The molecule has 0 bridgehead atoms. The molecular weight excluding hydrogens is 546 g/mol. The summed E-state index contributed by atoms with van der Waals surface area (Å²) in [4.78, 5) is 28.9. The number of carbonyl (C=O) groups excluding carboxylic acids is 2. The summed E-state index contributed by atoms with van der Waals surface area (Å²) in [5.41, 5.74) is 3.39. The molecule has 0 aliphatic carbocycles. The molecule has 7 nitrogen and oxygen atoms in total. The Morgan fingerprint density at radius 1 is 0.925 bits per heavy atom. The number of anilines is 1. The molecule has 214 valence electrons. The molecule has 3 aromatic rings. The molecule has 0 fully saturated rings. The normalized spacial score (nSPS) is 12.2. The van der Waals surface area contributed by atoms with Crippen LogP contribution < -0.4 is 9.62 Å². The predicted molar refractivity (Wildman–Crippen MR) is 162 cm³/mol. The van der Waals surface area contributed by atoms with E-state index in [1.54, 1.807) is 29.2 Å². The zero-order chi connectivity index (χ0) is 29.3. The first-order valence-electron chi connectivity index (χ1n) is 13.4. The van der Waals surface area contributed by atoms with Crippen LogP contribution in [0.3, 0.4) is 0 Å². The number of amides is 2. The number of sulfonamides is 1. The Hall–Kier alpha value is -3.36. The van der Waals surface area contributed by atoms with Crippen molar-refractivity contribution in [2.75, 3.05) is 17.1 Å². The summed E-state index contributed by atoms with van der Waals surface area (Å²) in [5.74, 6) is -0.448. The summed E-state index contributed by atoms with van der Waals surface area (Å²) in [5, 5.41) is 3.40. The molecule has 0 aliphatic rings. The number of aryl methyl sites for hydroxylation is 1. The minimum Gasteiger partial charge on any atom is -0.352 e. The van der Waals surface area contributed by atoms with Crippen LogP contribution in [0.2, 0.25) is 5.02 Å². The van der Waals surface area contributed by atoms with Crippen LogP contribution in [0.5, 0.6) is 0 Å². The minimum absolute atomic E-state index is 0.0682. The van der Waals surface area contributed by atoms with Crippen LogP contribution in [0, 0.1) is 6.92 Å². The fourth-order valence-corrected chi connectivity index (χ4v) is 5.60. The smallest absolute Gasteiger partial charge is 0.243 e. The summed E-state index contributed by atoms with van der Waals surface area (Å²) < 4.78 is 26.4. The highest BCUT2D eigenvalue weighted by molar-refractivity contribution is 7.92. The molecule has 0 heterocycles. The summed E-state index contributed by atoms with van der Waals surface area (Å²) in [7, 11) is -3.60. The maximum Gasteiger partial charge on any atom is 0.243 e. The average molecular weight is 584 g/mol. The number of hydrogen-bond donors (Lipinski definition) is 1. The van der Waals surface area contributed by atoms with E-state index < -0.39 is 16.1 Å². The van der Waals surface area contributed by atoms with Gasteiger partial charge in [-0.15, -0.1) is 0 Å². The predicted octanol–water partition coefficient (Wildman–Crippen LogP) is 5.36. The molecule has 0 spiro atoms. The van der Waals surface area contributed by atoms with Gasteiger partial charge in [0.15, 0.2) is 0 Å². The zero-order valence-corrected chi connectivity index (χ0v) is 25.1. The third kappa shape index (κ3) is 9.38. The van der Waals surface area contributed by atoms with Gasteiger partial charge in [0.1, 0.15) is 6.04 Å². The second-order valence-corrected chi connectivity index (χ2v) is 12.6. The first-order chi connectivity index (χ1) is 18.9. The van der Waals surface area contributed by atoms with E-state index in [0.717, 1.165) is 22.9 Å². The molecule has 0 aliphatic heterocycles. The number of nitrogens with one attached hydrogen (secondary N) is 1. The molecule has 1 N–H and O–H groups in total. The molecule has 0 saturated carbocycles. The van der Waals surface area contributed by atoms with Gasteiger partial charge in [-0.05, 0) is 56.5 Å². The molecule has 3 rings (SSSR count). The molecule has 2 amide bonds. The van der Waals surface area contributed by atoms with Gasteiger partial charge < -0.3 is 10.2 Å². The summed E-state index contributed by atoms with van der Waals surface area (Å²) in [6, 6.07) is 23.3. The van der Waals surface area contributed by atoms with Gasteiger partial charge in [0.25, 0.3) is 0 Å². The van der Waals surface area contributed by atoms with Gasteiger partial charge >= 0.3 is 0 Å². The van der Waals surface area contributed by atoms with E-state index in [4.69, 9.17) is 11.6 Å². The molecule has 0 radical (unpaired) electrons. The van der Waals surface area contributed by atoms with Gasteiger partial charge in [0.05, 0.1) is 11.9 Å². The number of benzene rings is 3. The van der Waals surface area contributed by atoms with E-state index in [2.05, 4.69) is 5.32 Å². The highest BCUT2D eigenvalue weighted by atomic mass is 35.5. The molecule has 0 saturated heterocycles. The molecule has 9 heteroatoms. The first kappa shape index (κ1) is 31.2. The third-order valence-electron chi connectivity index (χ3n) is 6.42. The SMILES string of the molecule is Cc1ccc(CN(C(=O)CCCN(c2cccc(Cl)c2)S(C)(=O)=O)[C@@H](Cc2ccccc2)C(=O)NC(C)C)cc1. The van der Waals surface area contributed by atoms with Gasteiger partial charge in [-0.1, -0.05) is 77.8 Å². The van der Waals surface area contributed by atoms with Crippen molar-refractivity contribution in [2.45, 2.75) is 58.7 Å². The molecule has 0 unspecified atom stereocenters. The topological polar surface area (TPSA) is 86.8 Å². The van der Waals surface area contributed by atoms with E-state index in [9.17, 15) is 18.0 Å². The molecular formula is C31H38ClN3O4S.